The summed E-state index contributed by atoms with van der Waals surface area (Å²) in [5.41, 5.74) is 3.77. The van der Waals surface area contributed by atoms with E-state index in [4.69, 9.17) is 22.2 Å². The Balaban J connectivity index is 2.78. The number of nitrogens with one attached hydrogen (secondary N) is 1. The van der Waals surface area contributed by atoms with Crippen molar-refractivity contribution in [2.75, 3.05) is 7.11 Å². The monoisotopic (exact) mass is 228 g/mol. The molecule has 0 heterocycles. The lowest BCUT2D eigenvalue weighted by molar-refractivity contribution is 0.100. The van der Waals surface area contributed by atoms with E-state index in [2.05, 4.69) is 5.43 Å². The van der Waals surface area contributed by atoms with E-state index in [9.17, 15) is 0 Å². The second-order valence-corrected chi connectivity index (χ2v) is 3.93. The maximum atomic E-state index is 6.09. The van der Waals surface area contributed by atoms with Crippen LogP contribution in [0.25, 0.3) is 0 Å². The zero-order valence-electron chi connectivity index (χ0n) is 9.03. The van der Waals surface area contributed by atoms with E-state index in [0.29, 0.717) is 0 Å². The van der Waals surface area contributed by atoms with E-state index in [1.165, 1.54) is 0 Å². The summed E-state index contributed by atoms with van der Waals surface area (Å²) >= 11 is 6.09. The van der Waals surface area contributed by atoms with Crippen molar-refractivity contribution in [1.29, 1.82) is 0 Å². The summed E-state index contributed by atoms with van der Waals surface area (Å²) < 4.78 is 5.21. The highest BCUT2D eigenvalue weighted by molar-refractivity contribution is 6.31. The fraction of sp³-hybridized carbons (Fsp3) is 0.455. The minimum absolute atomic E-state index is 0.0219. The molecule has 2 unspecified atom stereocenters. The van der Waals surface area contributed by atoms with Crippen LogP contribution >= 0.6 is 11.6 Å². The molecule has 0 bridgehead atoms. The van der Waals surface area contributed by atoms with Crippen LogP contribution in [-0.4, -0.2) is 13.2 Å². The van der Waals surface area contributed by atoms with Crippen molar-refractivity contribution in [2.24, 2.45) is 5.84 Å². The number of rotatable bonds is 5. The van der Waals surface area contributed by atoms with Gasteiger partial charge in [0.15, 0.2) is 0 Å². The van der Waals surface area contributed by atoms with Crippen LogP contribution in [0.4, 0.5) is 0 Å². The van der Waals surface area contributed by atoms with Gasteiger partial charge in [-0.1, -0.05) is 29.8 Å². The summed E-state index contributed by atoms with van der Waals surface area (Å²) in [6.45, 7) is 2.00. The minimum Gasteiger partial charge on any atom is -0.382 e. The zero-order chi connectivity index (χ0) is 11.3. The Morgan fingerprint density at radius 2 is 2.13 bits per heavy atom. The van der Waals surface area contributed by atoms with Crippen molar-refractivity contribution in [3.05, 3.63) is 34.9 Å². The fourth-order valence-corrected chi connectivity index (χ4v) is 1.74. The Morgan fingerprint density at radius 3 is 2.67 bits per heavy atom. The molecule has 4 heteroatoms. The van der Waals surface area contributed by atoms with Crippen LogP contribution in [0.5, 0.6) is 0 Å². The number of hydrogen-bond acceptors (Lipinski definition) is 3. The van der Waals surface area contributed by atoms with Gasteiger partial charge in [-0.25, -0.2) is 0 Å². The fourth-order valence-electron chi connectivity index (χ4n) is 1.47. The summed E-state index contributed by atoms with van der Waals surface area (Å²) in [4.78, 5) is 0. The molecule has 0 amide bonds. The molecule has 84 valence electrons. The van der Waals surface area contributed by atoms with E-state index in [0.717, 1.165) is 17.0 Å². The average Bonchev–Trinajstić information content (AvgIpc) is 2.26. The molecule has 0 aromatic heterocycles. The third kappa shape index (κ3) is 3.47. The maximum absolute atomic E-state index is 6.09. The van der Waals surface area contributed by atoms with Crippen molar-refractivity contribution < 1.29 is 4.74 Å². The SMILES string of the molecule is COC(C)CC(NN)c1ccccc1Cl. The molecule has 3 N–H and O–H groups in total. The van der Waals surface area contributed by atoms with Gasteiger partial charge in [0.2, 0.25) is 0 Å². The minimum atomic E-state index is 0.0219. The van der Waals surface area contributed by atoms with Gasteiger partial charge >= 0.3 is 0 Å². The molecule has 2 atom stereocenters. The first-order valence-electron chi connectivity index (χ1n) is 4.92. The third-order valence-electron chi connectivity index (χ3n) is 2.45. The summed E-state index contributed by atoms with van der Waals surface area (Å²) in [7, 11) is 1.69. The quantitative estimate of drug-likeness (QED) is 0.601. The predicted molar refractivity (Wildman–Crippen MR) is 62.6 cm³/mol. The van der Waals surface area contributed by atoms with Crippen molar-refractivity contribution in [2.45, 2.75) is 25.5 Å². The smallest absolute Gasteiger partial charge is 0.0561 e. The van der Waals surface area contributed by atoms with Crippen LogP contribution in [0.1, 0.15) is 24.9 Å². The number of hydrazine groups is 1. The molecule has 0 saturated carbocycles. The van der Waals surface area contributed by atoms with Crippen molar-refractivity contribution >= 4 is 11.6 Å². The van der Waals surface area contributed by atoms with Crippen molar-refractivity contribution in [3.8, 4) is 0 Å². The Morgan fingerprint density at radius 1 is 1.47 bits per heavy atom. The molecule has 1 aromatic rings. The van der Waals surface area contributed by atoms with Crippen molar-refractivity contribution in [1.82, 2.24) is 5.43 Å². The number of benzene rings is 1. The van der Waals surface area contributed by atoms with Gasteiger partial charge in [-0.2, -0.15) is 0 Å². The van der Waals surface area contributed by atoms with Gasteiger partial charge in [-0.15, -0.1) is 0 Å². The highest BCUT2D eigenvalue weighted by Crippen LogP contribution is 2.25. The van der Waals surface area contributed by atoms with Crippen LogP contribution in [0, 0.1) is 0 Å². The number of methoxy groups -OCH3 is 1. The van der Waals surface area contributed by atoms with E-state index in [-0.39, 0.29) is 12.1 Å². The lowest BCUT2D eigenvalue weighted by Gasteiger charge is -2.20. The molecule has 0 radical (unpaired) electrons. The molecule has 3 nitrogen and oxygen atoms in total. The molecule has 0 aliphatic heterocycles. The highest BCUT2D eigenvalue weighted by atomic mass is 35.5. The summed E-state index contributed by atoms with van der Waals surface area (Å²) in [6.07, 6.45) is 0.929. The first-order valence-corrected chi connectivity index (χ1v) is 5.30. The van der Waals surface area contributed by atoms with Crippen LogP contribution < -0.4 is 11.3 Å². The molecule has 0 fully saturated rings. The summed E-state index contributed by atoms with van der Waals surface area (Å²) in [5.74, 6) is 5.51. The zero-order valence-corrected chi connectivity index (χ0v) is 9.79. The molecule has 1 rings (SSSR count). The molecular formula is C11H17ClN2O. The first-order chi connectivity index (χ1) is 7.19. The summed E-state index contributed by atoms with van der Waals surface area (Å²) in [5, 5.41) is 0.726. The Labute approximate surface area is 95.5 Å². The lowest BCUT2D eigenvalue weighted by Crippen LogP contribution is -2.31. The number of halogens is 1. The van der Waals surface area contributed by atoms with Gasteiger partial charge in [0.1, 0.15) is 0 Å². The van der Waals surface area contributed by atoms with E-state index in [1.807, 2.05) is 31.2 Å². The van der Waals surface area contributed by atoms with Crippen LogP contribution in [-0.2, 0) is 4.74 Å². The second kappa shape index (κ2) is 6.08. The van der Waals surface area contributed by atoms with Crippen LogP contribution in [0.3, 0.4) is 0 Å². The number of hydrogen-bond donors (Lipinski definition) is 2. The Kier molecular flexibility index (Phi) is 5.05. The Hall–Kier alpha value is -0.610. The average molecular weight is 229 g/mol. The van der Waals surface area contributed by atoms with Crippen LogP contribution in [0.15, 0.2) is 24.3 Å². The number of nitrogens with two attached hydrogens (primary N) is 1. The Bertz CT molecular complexity index is 306. The normalized spacial score (nSPS) is 14.9. The lowest BCUT2D eigenvalue weighted by atomic mass is 10.0. The van der Waals surface area contributed by atoms with E-state index in [1.54, 1.807) is 7.11 Å². The second-order valence-electron chi connectivity index (χ2n) is 3.52. The largest absolute Gasteiger partial charge is 0.382 e. The number of ether oxygens (including phenoxy) is 1. The van der Waals surface area contributed by atoms with Crippen LogP contribution in [0.2, 0.25) is 5.02 Å². The molecule has 1 aromatic carbocycles. The van der Waals surface area contributed by atoms with Gasteiger partial charge in [-0.05, 0) is 25.0 Å². The summed E-state index contributed by atoms with van der Waals surface area (Å²) in [6, 6.07) is 7.70. The molecule has 0 spiro atoms. The molecule has 0 saturated heterocycles. The molecular weight excluding hydrogens is 212 g/mol. The maximum Gasteiger partial charge on any atom is 0.0561 e. The van der Waals surface area contributed by atoms with E-state index < -0.39 is 0 Å². The first kappa shape index (κ1) is 12.5. The molecule has 0 aliphatic carbocycles. The predicted octanol–water partition coefficient (Wildman–Crippen LogP) is 2.27. The van der Waals surface area contributed by atoms with E-state index >= 15 is 0 Å². The topological polar surface area (TPSA) is 47.3 Å². The van der Waals surface area contributed by atoms with Gasteiger partial charge in [-0.3, -0.25) is 11.3 Å². The van der Waals surface area contributed by atoms with Crippen molar-refractivity contribution in [3.63, 3.8) is 0 Å². The van der Waals surface area contributed by atoms with Gasteiger partial charge in [0.05, 0.1) is 6.10 Å². The van der Waals surface area contributed by atoms with Gasteiger partial charge < -0.3 is 4.74 Å². The van der Waals surface area contributed by atoms with Gasteiger partial charge in [0, 0.05) is 18.2 Å². The highest BCUT2D eigenvalue weighted by Gasteiger charge is 2.15. The van der Waals surface area contributed by atoms with Gasteiger partial charge in [0.25, 0.3) is 0 Å². The molecule has 15 heavy (non-hydrogen) atoms. The standard InChI is InChI=1S/C11H17ClN2O/c1-8(15-2)7-11(14-13)9-5-3-4-6-10(9)12/h3-6,8,11,14H,7,13H2,1-2H3. The third-order valence-corrected chi connectivity index (χ3v) is 2.80. The molecule has 0 aliphatic rings.